The highest BCUT2D eigenvalue weighted by Crippen LogP contribution is 2.03. The number of hydrogen-bond acceptors (Lipinski definition) is 2. The number of carbonyl (C=O) groups excluding carboxylic acids is 1. The Morgan fingerprint density at radius 2 is 2.36 bits per heavy atom. The van der Waals surface area contributed by atoms with Gasteiger partial charge in [0, 0.05) is 26.1 Å². The lowest BCUT2D eigenvalue weighted by Crippen LogP contribution is -2.40. The lowest BCUT2D eigenvalue weighted by atomic mass is 10.3. The Balaban J connectivity index is 2.52. The third-order valence-corrected chi connectivity index (χ3v) is 2.13. The first kappa shape index (κ1) is 8.53. The van der Waals surface area contributed by atoms with Gasteiger partial charge in [-0.05, 0) is 19.9 Å². The fourth-order valence-electron chi connectivity index (χ4n) is 1.48. The third kappa shape index (κ3) is 2.19. The van der Waals surface area contributed by atoms with Crippen molar-refractivity contribution in [3.05, 3.63) is 0 Å². The van der Waals surface area contributed by atoms with Gasteiger partial charge in [0.1, 0.15) is 0 Å². The molecule has 1 fully saturated rings. The molecule has 1 unspecified atom stereocenters. The minimum Gasteiger partial charge on any atom is -0.339 e. The monoisotopic (exact) mass is 156 g/mol. The summed E-state index contributed by atoms with van der Waals surface area (Å²) in [6.07, 6.45) is 1.07. The van der Waals surface area contributed by atoms with E-state index in [0.29, 0.717) is 6.04 Å². The van der Waals surface area contributed by atoms with Crippen molar-refractivity contribution in [2.75, 3.05) is 19.6 Å². The molecular formula is C8H16N2O. The maximum atomic E-state index is 11.1. The molecule has 0 aromatic heterocycles. The normalized spacial score (nSPS) is 26.4. The molecule has 0 saturated carbocycles. The first-order valence-corrected chi connectivity index (χ1v) is 4.19. The highest BCUT2D eigenvalue weighted by atomic mass is 16.2. The molecule has 3 nitrogen and oxygen atoms in total. The molecule has 0 radical (unpaired) electrons. The molecule has 1 aliphatic heterocycles. The van der Waals surface area contributed by atoms with Crippen LogP contribution in [0.4, 0.5) is 0 Å². The van der Waals surface area contributed by atoms with Crippen LogP contribution in [-0.2, 0) is 4.79 Å². The molecule has 1 heterocycles. The SMILES string of the molecule is CC(=O)N1CCCNCC1C. The standard InChI is InChI=1S/C8H16N2O/c1-7-6-9-4-3-5-10(7)8(2)11/h7,9H,3-6H2,1-2H3. The quantitative estimate of drug-likeness (QED) is 0.544. The zero-order chi connectivity index (χ0) is 8.27. The highest BCUT2D eigenvalue weighted by molar-refractivity contribution is 5.73. The fourth-order valence-corrected chi connectivity index (χ4v) is 1.48. The van der Waals surface area contributed by atoms with E-state index in [4.69, 9.17) is 0 Å². The van der Waals surface area contributed by atoms with E-state index in [0.717, 1.165) is 26.1 Å². The number of rotatable bonds is 0. The van der Waals surface area contributed by atoms with E-state index in [1.165, 1.54) is 0 Å². The van der Waals surface area contributed by atoms with Crippen molar-refractivity contribution in [3.63, 3.8) is 0 Å². The van der Waals surface area contributed by atoms with Crippen molar-refractivity contribution >= 4 is 5.91 Å². The minimum atomic E-state index is 0.196. The molecule has 1 N–H and O–H groups in total. The molecule has 3 heteroatoms. The summed E-state index contributed by atoms with van der Waals surface area (Å²) in [5.41, 5.74) is 0. The number of hydrogen-bond donors (Lipinski definition) is 1. The fraction of sp³-hybridized carbons (Fsp3) is 0.875. The van der Waals surface area contributed by atoms with Gasteiger partial charge in [-0.1, -0.05) is 0 Å². The van der Waals surface area contributed by atoms with Crippen LogP contribution in [0.15, 0.2) is 0 Å². The maximum absolute atomic E-state index is 11.1. The van der Waals surface area contributed by atoms with Crippen molar-refractivity contribution in [1.82, 2.24) is 10.2 Å². The van der Waals surface area contributed by atoms with Gasteiger partial charge >= 0.3 is 0 Å². The maximum Gasteiger partial charge on any atom is 0.219 e. The summed E-state index contributed by atoms with van der Waals surface area (Å²) in [5.74, 6) is 0.196. The average molecular weight is 156 g/mol. The lowest BCUT2D eigenvalue weighted by Gasteiger charge is -2.25. The van der Waals surface area contributed by atoms with Crippen molar-refractivity contribution in [2.45, 2.75) is 26.3 Å². The molecule has 0 aromatic carbocycles. The van der Waals surface area contributed by atoms with Crippen LogP contribution in [0.5, 0.6) is 0 Å². The van der Waals surface area contributed by atoms with Crippen LogP contribution in [0.3, 0.4) is 0 Å². The minimum absolute atomic E-state index is 0.196. The number of amides is 1. The molecule has 64 valence electrons. The average Bonchev–Trinajstić information content (AvgIpc) is 2.13. The molecular weight excluding hydrogens is 140 g/mol. The van der Waals surface area contributed by atoms with E-state index in [9.17, 15) is 4.79 Å². The summed E-state index contributed by atoms with van der Waals surface area (Å²) in [6.45, 7) is 6.60. The zero-order valence-electron chi connectivity index (χ0n) is 7.26. The van der Waals surface area contributed by atoms with Crippen molar-refractivity contribution < 1.29 is 4.79 Å². The number of carbonyl (C=O) groups is 1. The first-order valence-electron chi connectivity index (χ1n) is 4.19. The Bertz CT molecular complexity index is 147. The second kappa shape index (κ2) is 3.72. The summed E-state index contributed by atoms with van der Waals surface area (Å²) in [5, 5.41) is 3.29. The molecule has 1 rings (SSSR count). The van der Waals surface area contributed by atoms with Gasteiger partial charge in [-0.2, -0.15) is 0 Å². The predicted octanol–water partition coefficient (Wildman–Crippen LogP) is 0.217. The van der Waals surface area contributed by atoms with E-state index in [2.05, 4.69) is 12.2 Å². The first-order chi connectivity index (χ1) is 5.22. The molecule has 0 spiro atoms. The van der Waals surface area contributed by atoms with Gasteiger partial charge in [0.05, 0.1) is 0 Å². The summed E-state index contributed by atoms with van der Waals surface area (Å²) < 4.78 is 0. The van der Waals surface area contributed by atoms with E-state index >= 15 is 0 Å². The summed E-state index contributed by atoms with van der Waals surface area (Å²) in [6, 6.07) is 0.356. The lowest BCUT2D eigenvalue weighted by molar-refractivity contribution is -0.130. The Labute approximate surface area is 67.8 Å². The van der Waals surface area contributed by atoms with Crippen molar-refractivity contribution in [2.24, 2.45) is 0 Å². The molecule has 0 bridgehead atoms. The van der Waals surface area contributed by atoms with Gasteiger partial charge < -0.3 is 10.2 Å². The summed E-state index contributed by atoms with van der Waals surface area (Å²) >= 11 is 0. The van der Waals surface area contributed by atoms with Gasteiger partial charge in [-0.15, -0.1) is 0 Å². The van der Waals surface area contributed by atoms with Crippen LogP contribution in [0.25, 0.3) is 0 Å². The smallest absolute Gasteiger partial charge is 0.219 e. The molecule has 0 aromatic rings. The van der Waals surface area contributed by atoms with Crippen LogP contribution < -0.4 is 5.32 Å². The molecule has 1 aliphatic rings. The van der Waals surface area contributed by atoms with Crippen molar-refractivity contribution in [3.8, 4) is 0 Å². The Hall–Kier alpha value is -0.570. The summed E-state index contributed by atoms with van der Waals surface area (Å²) in [7, 11) is 0. The molecule has 1 saturated heterocycles. The van der Waals surface area contributed by atoms with Crippen LogP contribution in [0, 0.1) is 0 Å². The Morgan fingerprint density at radius 1 is 1.64 bits per heavy atom. The van der Waals surface area contributed by atoms with E-state index < -0.39 is 0 Å². The molecule has 11 heavy (non-hydrogen) atoms. The Morgan fingerprint density at radius 3 is 3.00 bits per heavy atom. The van der Waals surface area contributed by atoms with E-state index in [1.54, 1.807) is 6.92 Å². The van der Waals surface area contributed by atoms with Gasteiger partial charge in [0.2, 0.25) is 5.91 Å². The predicted molar refractivity (Wildman–Crippen MR) is 44.3 cm³/mol. The second-order valence-electron chi connectivity index (χ2n) is 3.12. The van der Waals surface area contributed by atoms with Crippen molar-refractivity contribution in [1.29, 1.82) is 0 Å². The number of nitrogens with one attached hydrogen (secondary N) is 1. The van der Waals surface area contributed by atoms with Gasteiger partial charge in [0.25, 0.3) is 0 Å². The van der Waals surface area contributed by atoms with Crippen LogP contribution >= 0.6 is 0 Å². The molecule has 1 amide bonds. The number of nitrogens with zero attached hydrogens (tertiary/aromatic N) is 1. The van der Waals surface area contributed by atoms with E-state index in [-0.39, 0.29) is 5.91 Å². The largest absolute Gasteiger partial charge is 0.339 e. The van der Waals surface area contributed by atoms with Crippen LogP contribution in [0.2, 0.25) is 0 Å². The summed E-state index contributed by atoms with van der Waals surface area (Å²) in [4.78, 5) is 13.0. The second-order valence-corrected chi connectivity index (χ2v) is 3.12. The topological polar surface area (TPSA) is 32.3 Å². The van der Waals surface area contributed by atoms with Gasteiger partial charge in [0.15, 0.2) is 0 Å². The zero-order valence-corrected chi connectivity index (χ0v) is 7.26. The molecule has 1 atom stereocenters. The highest BCUT2D eigenvalue weighted by Gasteiger charge is 2.17. The van der Waals surface area contributed by atoms with Gasteiger partial charge in [-0.3, -0.25) is 4.79 Å². The van der Waals surface area contributed by atoms with Crippen LogP contribution in [-0.4, -0.2) is 36.5 Å². The van der Waals surface area contributed by atoms with Crippen LogP contribution in [0.1, 0.15) is 20.3 Å². The van der Waals surface area contributed by atoms with E-state index in [1.807, 2.05) is 4.90 Å². The Kier molecular flexibility index (Phi) is 2.88. The third-order valence-electron chi connectivity index (χ3n) is 2.13. The van der Waals surface area contributed by atoms with Gasteiger partial charge in [-0.25, -0.2) is 0 Å². The molecule has 0 aliphatic carbocycles.